The molecule has 1 atom stereocenters. The molecule has 11 heteroatoms. The van der Waals surface area contributed by atoms with Crippen LogP contribution in [0.25, 0.3) is 0 Å². The molecule has 1 aliphatic rings. The summed E-state index contributed by atoms with van der Waals surface area (Å²) in [5, 5.41) is 9.14. The van der Waals surface area contributed by atoms with Gasteiger partial charge in [0.25, 0.3) is 0 Å². The third-order valence-corrected chi connectivity index (χ3v) is 4.76. The number of hydrogen-bond acceptors (Lipinski definition) is 5. The van der Waals surface area contributed by atoms with Crippen molar-refractivity contribution in [2.75, 3.05) is 7.11 Å². The maximum absolute atomic E-state index is 12.7. The number of ether oxygens (including phenoxy) is 1. The fourth-order valence-electron chi connectivity index (χ4n) is 1.73. The van der Waals surface area contributed by atoms with E-state index in [2.05, 4.69) is 4.74 Å². The number of carbonyl (C=O) groups excluding carboxylic acids is 1. The Labute approximate surface area is 130 Å². The first-order valence-electron chi connectivity index (χ1n) is 6.09. The van der Waals surface area contributed by atoms with E-state index in [4.69, 9.17) is 5.11 Å². The van der Waals surface area contributed by atoms with Crippen LogP contribution in [0, 0.1) is 11.3 Å². The van der Waals surface area contributed by atoms with Crippen LogP contribution in [0.5, 0.6) is 0 Å². The molecule has 7 nitrogen and oxygen atoms in total. The molecule has 1 rings (SSSR count). The Bertz CT molecular complexity index is 677. The number of carbonyl (C=O) groups is 2. The normalized spacial score (nSPS) is 19.3. The molecule has 0 amide bonds. The molecular weight excluding hydrogens is 343 g/mol. The van der Waals surface area contributed by atoms with E-state index in [9.17, 15) is 31.2 Å². The number of halogens is 3. The van der Waals surface area contributed by atoms with Gasteiger partial charge in [0.15, 0.2) is 0 Å². The van der Waals surface area contributed by atoms with Gasteiger partial charge in [-0.3, -0.25) is 4.79 Å². The largest absolute Gasteiger partial charge is 0.517 e. The van der Waals surface area contributed by atoms with Crippen LogP contribution in [0.15, 0.2) is 24.0 Å². The highest BCUT2D eigenvalue weighted by molar-refractivity contribution is 7.90. The molecule has 1 aliphatic heterocycles. The monoisotopic (exact) mass is 357 g/mol. The lowest BCUT2D eigenvalue weighted by Crippen LogP contribution is -2.42. The maximum Gasteiger partial charge on any atom is 0.517 e. The van der Waals surface area contributed by atoms with Gasteiger partial charge in [-0.05, 0) is 19.9 Å². The van der Waals surface area contributed by atoms with Crippen molar-refractivity contribution >= 4 is 22.0 Å². The Hall–Kier alpha value is -2.04. The van der Waals surface area contributed by atoms with Crippen LogP contribution in [0.1, 0.15) is 13.8 Å². The Balaban J connectivity index is 3.44. The molecule has 0 spiro atoms. The number of nitrogens with zero attached hydrogens (tertiary/aromatic N) is 1. The number of hydrogen-bond donors (Lipinski definition) is 1. The predicted octanol–water partition coefficient (Wildman–Crippen LogP) is 1.45. The Morgan fingerprint density at radius 1 is 1.30 bits per heavy atom. The standard InChI is InChI=1S/C12H14F3NO6S/c1-11(2,10(18)19)7-4-5-16(8(6-7)9(17)22-3)23(20,21)12(13,14)15/h4-7H,1-3H3,(H,18,19). The predicted molar refractivity (Wildman–Crippen MR) is 71.0 cm³/mol. The smallest absolute Gasteiger partial charge is 0.481 e. The molecule has 0 aliphatic carbocycles. The van der Waals surface area contributed by atoms with E-state index in [0.29, 0.717) is 6.20 Å². The van der Waals surface area contributed by atoms with Gasteiger partial charge in [-0.1, -0.05) is 6.08 Å². The molecule has 0 saturated heterocycles. The minimum atomic E-state index is -5.86. The van der Waals surface area contributed by atoms with E-state index in [1.54, 1.807) is 0 Å². The second-order valence-corrected chi connectivity index (χ2v) is 6.99. The summed E-state index contributed by atoms with van der Waals surface area (Å²) in [5.41, 5.74) is -8.05. The van der Waals surface area contributed by atoms with Crippen molar-refractivity contribution < 1.29 is 41.0 Å². The molecule has 1 N–H and O–H groups in total. The van der Waals surface area contributed by atoms with E-state index >= 15 is 0 Å². The van der Waals surface area contributed by atoms with Crippen LogP contribution >= 0.6 is 0 Å². The van der Waals surface area contributed by atoms with Gasteiger partial charge in [-0.2, -0.15) is 21.6 Å². The van der Waals surface area contributed by atoms with Gasteiger partial charge in [-0.15, -0.1) is 0 Å². The van der Waals surface area contributed by atoms with Gasteiger partial charge >= 0.3 is 27.5 Å². The Kier molecular flexibility index (Phi) is 4.85. The summed E-state index contributed by atoms with van der Waals surface area (Å²) in [5.74, 6) is -3.64. The molecule has 0 aromatic carbocycles. The van der Waals surface area contributed by atoms with Gasteiger partial charge in [0.1, 0.15) is 5.70 Å². The molecule has 0 fully saturated rings. The lowest BCUT2D eigenvalue weighted by atomic mass is 9.77. The van der Waals surface area contributed by atoms with Crippen molar-refractivity contribution in [3.05, 3.63) is 24.0 Å². The van der Waals surface area contributed by atoms with Crippen molar-refractivity contribution in [2.24, 2.45) is 11.3 Å². The Morgan fingerprint density at radius 3 is 2.22 bits per heavy atom. The van der Waals surface area contributed by atoms with Crippen molar-refractivity contribution in [2.45, 2.75) is 19.4 Å². The molecule has 0 radical (unpaired) electrons. The van der Waals surface area contributed by atoms with Gasteiger partial charge in [0.05, 0.1) is 12.5 Å². The van der Waals surface area contributed by atoms with Crippen LogP contribution in [0.3, 0.4) is 0 Å². The third kappa shape index (κ3) is 3.33. The van der Waals surface area contributed by atoms with E-state index < -0.39 is 44.5 Å². The van der Waals surface area contributed by atoms with Crippen molar-refractivity contribution in [3.63, 3.8) is 0 Å². The minimum absolute atomic E-state index is 0.271. The first-order valence-corrected chi connectivity index (χ1v) is 7.53. The van der Waals surface area contributed by atoms with Gasteiger partial charge in [-0.25, -0.2) is 9.10 Å². The van der Waals surface area contributed by atoms with Crippen LogP contribution in [0.2, 0.25) is 0 Å². The van der Waals surface area contributed by atoms with Crippen molar-refractivity contribution in [1.29, 1.82) is 0 Å². The number of alkyl halides is 3. The lowest BCUT2D eigenvalue weighted by molar-refractivity contribution is -0.148. The molecule has 23 heavy (non-hydrogen) atoms. The molecular formula is C12H14F3NO6S. The zero-order valence-electron chi connectivity index (χ0n) is 12.3. The number of carboxylic acids is 1. The summed E-state index contributed by atoms with van der Waals surface area (Å²) in [6, 6.07) is 0. The number of aliphatic carboxylic acids is 1. The number of allylic oxidation sites excluding steroid dienone is 2. The highest BCUT2D eigenvalue weighted by atomic mass is 32.2. The van der Waals surface area contributed by atoms with Crippen LogP contribution in [0.4, 0.5) is 13.2 Å². The summed E-state index contributed by atoms with van der Waals surface area (Å²) < 4.78 is 65.1. The molecule has 0 aromatic rings. The fourth-order valence-corrected chi connectivity index (χ4v) is 2.57. The van der Waals surface area contributed by atoms with E-state index in [1.165, 1.54) is 13.8 Å². The Morgan fingerprint density at radius 2 is 1.83 bits per heavy atom. The second kappa shape index (κ2) is 5.87. The number of methoxy groups -OCH3 is 1. The molecule has 0 aromatic heterocycles. The van der Waals surface area contributed by atoms with E-state index in [-0.39, 0.29) is 4.31 Å². The zero-order chi connectivity index (χ0) is 18.2. The third-order valence-electron chi connectivity index (χ3n) is 3.33. The van der Waals surface area contributed by atoms with Crippen molar-refractivity contribution in [1.82, 2.24) is 4.31 Å². The quantitative estimate of drug-likeness (QED) is 0.764. The molecule has 130 valence electrons. The molecule has 0 saturated carbocycles. The summed E-state index contributed by atoms with van der Waals surface area (Å²) in [6.45, 7) is 2.56. The first-order chi connectivity index (χ1) is 10.3. The van der Waals surface area contributed by atoms with Crippen molar-refractivity contribution in [3.8, 4) is 0 Å². The van der Waals surface area contributed by atoms with Crippen LogP contribution in [-0.2, 0) is 24.3 Å². The molecule has 0 bridgehead atoms. The van der Waals surface area contributed by atoms with E-state index in [0.717, 1.165) is 19.3 Å². The number of carboxylic acid groups (broad SMARTS) is 1. The SMILES string of the molecule is COC(=O)C1=CC(C(C)(C)C(=O)O)C=CN1S(=O)(=O)C(F)(F)F. The lowest BCUT2D eigenvalue weighted by Gasteiger charge is -2.32. The molecule has 1 heterocycles. The van der Waals surface area contributed by atoms with Gasteiger partial charge < -0.3 is 9.84 Å². The highest BCUT2D eigenvalue weighted by Crippen LogP contribution is 2.37. The topological polar surface area (TPSA) is 101 Å². The van der Waals surface area contributed by atoms with E-state index in [1.807, 2.05) is 0 Å². The number of esters is 1. The summed E-state index contributed by atoms with van der Waals surface area (Å²) >= 11 is 0. The van der Waals surface area contributed by atoms with Crippen LogP contribution in [-0.4, -0.2) is 42.4 Å². The summed E-state index contributed by atoms with van der Waals surface area (Å²) in [7, 11) is -5.00. The number of sulfonamides is 1. The summed E-state index contributed by atoms with van der Waals surface area (Å²) in [4.78, 5) is 22.9. The maximum atomic E-state index is 12.7. The minimum Gasteiger partial charge on any atom is -0.481 e. The van der Waals surface area contributed by atoms with Gasteiger partial charge in [0.2, 0.25) is 0 Å². The number of rotatable bonds is 4. The summed E-state index contributed by atoms with van der Waals surface area (Å²) in [6.07, 6.45) is 2.29. The average molecular weight is 357 g/mol. The average Bonchev–Trinajstić information content (AvgIpc) is 2.44. The zero-order valence-corrected chi connectivity index (χ0v) is 13.1. The second-order valence-electron chi connectivity index (χ2n) is 5.18. The van der Waals surface area contributed by atoms with Gasteiger partial charge in [0, 0.05) is 12.1 Å². The fraction of sp³-hybridized carbons (Fsp3) is 0.500. The molecule has 1 unspecified atom stereocenters. The first kappa shape index (κ1) is 19.0. The highest BCUT2D eigenvalue weighted by Gasteiger charge is 2.52. The van der Waals surface area contributed by atoms with Crippen LogP contribution < -0.4 is 0 Å².